The molecular weight excluding hydrogens is 378 g/mol. The topological polar surface area (TPSA) is 90.9 Å². The molecule has 154 valence electrons. The molecule has 1 fully saturated rings. The minimum atomic E-state index is -0.0826. The first-order valence-electron chi connectivity index (χ1n) is 10.4. The first kappa shape index (κ1) is 18.7. The molecule has 2 aliphatic rings. The number of aromatic nitrogens is 5. The van der Waals surface area contributed by atoms with Crippen molar-refractivity contribution in [2.75, 3.05) is 32.1 Å². The van der Waals surface area contributed by atoms with Crippen LogP contribution in [0.3, 0.4) is 0 Å². The molecule has 8 heteroatoms. The van der Waals surface area contributed by atoms with Gasteiger partial charge in [-0.1, -0.05) is 6.07 Å². The van der Waals surface area contributed by atoms with E-state index < -0.39 is 0 Å². The van der Waals surface area contributed by atoms with Crippen molar-refractivity contribution in [3.05, 3.63) is 53.6 Å². The second kappa shape index (κ2) is 7.19. The lowest BCUT2D eigenvalue weighted by Gasteiger charge is -2.40. The number of aryl methyl sites for hydroxylation is 1. The van der Waals surface area contributed by atoms with Crippen LogP contribution < -0.4 is 4.90 Å². The number of hydrogen-bond acceptors (Lipinski definition) is 6. The molecule has 1 N–H and O–H groups in total. The molecule has 30 heavy (non-hydrogen) atoms. The summed E-state index contributed by atoms with van der Waals surface area (Å²) in [6.07, 6.45) is 7.69. The molecule has 0 radical (unpaired) electrons. The molecule has 1 aliphatic carbocycles. The number of rotatable bonds is 3. The number of likely N-dealkylation sites (tertiary alicyclic amines) is 1. The summed E-state index contributed by atoms with van der Waals surface area (Å²) in [6, 6.07) is 7.45. The van der Waals surface area contributed by atoms with Crippen molar-refractivity contribution in [1.29, 1.82) is 0 Å². The third-order valence-electron chi connectivity index (χ3n) is 6.23. The van der Waals surface area contributed by atoms with Crippen molar-refractivity contribution in [2.24, 2.45) is 0 Å². The summed E-state index contributed by atoms with van der Waals surface area (Å²) in [5, 5.41) is 7.21. The van der Waals surface area contributed by atoms with Crippen LogP contribution in [0.4, 0.5) is 5.95 Å². The van der Waals surface area contributed by atoms with E-state index in [0.29, 0.717) is 17.9 Å². The quantitative estimate of drug-likeness (QED) is 0.722. The molecule has 0 saturated carbocycles. The fourth-order valence-electron chi connectivity index (χ4n) is 4.70. The number of piperidine rings is 1. The third kappa shape index (κ3) is 3.12. The van der Waals surface area contributed by atoms with Crippen molar-refractivity contribution in [1.82, 2.24) is 30.0 Å². The largest absolute Gasteiger partial charge is 0.347 e. The molecular formula is C22H25N7O. The second-order valence-corrected chi connectivity index (χ2v) is 8.43. The fourth-order valence-corrected chi connectivity index (χ4v) is 4.70. The average molecular weight is 403 g/mol. The normalized spacial score (nSPS) is 20.4. The Bertz CT molecular complexity index is 1070. The SMILES string of the molecule is CN(C)c1ncc2c(n1)C1(CCCN(C(=O)c3cc(-c4ccccn4)n[nH]3)C1)CC2. The van der Waals surface area contributed by atoms with Gasteiger partial charge in [-0.25, -0.2) is 9.97 Å². The number of nitrogens with zero attached hydrogens (tertiary/aromatic N) is 6. The third-order valence-corrected chi connectivity index (χ3v) is 6.23. The van der Waals surface area contributed by atoms with E-state index in [1.165, 1.54) is 5.56 Å². The molecule has 5 rings (SSSR count). The van der Waals surface area contributed by atoms with Crippen molar-refractivity contribution in [2.45, 2.75) is 31.1 Å². The number of anilines is 1. The van der Waals surface area contributed by atoms with Gasteiger partial charge in [0, 0.05) is 45.0 Å². The van der Waals surface area contributed by atoms with Crippen LogP contribution in [0.25, 0.3) is 11.4 Å². The van der Waals surface area contributed by atoms with E-state index in [4.69, 9.17) is 4.98 Å². The van der Waals surface area contributed by atoms with Gasteiger partial charge in [0.05, 0.1) is 11.4 Å². The number of hydrogen-bond donors (Lipinski definition) is 1. The van der Waals surface area contributed by atoms with E-state index in [0.717, 1.165) is 49.6 Å². The van der Waals surface area contributed by atoms with E-state index in [-0.39, 0.29) is 11.3 Å². The summed E-state index contributed by atoms with van der Waals surface area (Å²) < 4.78 is 0. The molecule has 1 amide bonds. The Morgan fingerprint density at radius 1 is 1.20 bits per heavy atom. The van der Waals surface area contributed by atoms with Gasteiger partial charge in [-0.05, 0) is 49.4 Å². The maximum Gasteiger partial charge on any atom is 0.271 e. The van der Waals surface area contributed by atoms with E-state index in [2.05, 4.69) is 20.2 Å². The highest BCUT2D eigenvalue weighted by Crippen LogP contribution is 2.44. The number of pyridine rings is 1. The van der Waals surface area contributed by atoms with Crippen molar-refractivity contribution < 1.29 is 4.79 Å². The summed E-state index contributed by atoms with van der Waals surface area (Å²) in [5.41, 5.74) is 4.19. The van der Waals surface area contributed by atoms with Gasteiger partial charge in [0.1, 0.15) is 11.4 Å². The molecule has 0 aromatic carbocycles. The van der Waals surface area contributed by atoms with E-state index in [9.17, 15) is 4.79 Å². The van der Waals surface area contributed by atoms with Gasteiger partial charge in [0.25, 0.3) is 5.91 Å². The Balaban J connectivity index is 1.40. The maximum absolute atomic E-state index is 13.3. The standard InChI is InChI=1S/C22H25N7O/c1-28(2)21-24-13-15-7-9-22(19(15)25-21)8-5-11-29(14-22)20(30)18-12-17(26-27-18)16-6-3-4-10-23-16/h3-4,6,10,12-13H,5,7-9,11,14H2,1-2H3,(H,26,27). The summed E-state index contributed by atoms with van der Waals surface area (Å²) in [5.74, 6) is 0.714. The monoisotopic (exact) mass is 403 g/mol. The van der Waals surface area contributed by atoms with Crippen LogP contribution in [-0.2, 0) is 11.8 Å². The Kier molecular flexibility index (Phi) is 4.49. The zero-order valence-corrected chi connectivity index (χ0v) is 17.3. The summed E-state index contributed by atoms with van der Waals surface area (Å²) in [6.45, 7) is 1.43. The van der Waals surface area contributed by atoms with Crippen LogP contribution in [0, 0.1) is 0 Å². The molecule has 0 bridgehead atoms. The van der Waals surface area contributed by atoms with Crippen LogP contribution in [0.15, 0.2) is 36.7 Å². The lowest BCUT2D eigenvalue weighted by atomic mass is 9.77. The number of carbonyl (C=O) groups is 1. The zero-order chi connectivity index (χ0) is 20.7. The van der Waals surface area contributed by atoms with Crippen molar-refractivity contribution in [3.63, 3.8) is 0 Å². The van der Waals surface area contributed by atoms with Gasteiger partial charge in [-0.15, -0.1) is 0 Å². The zero-order valence-electron chi connectivity index (χ0n) is 17.3. The molecule has 3 aromatic rings. The molecule has 1 saturated heterocycles. The highest BCUT2D eigenvalue weighted by Gasteiger charge is 2.45. The number of nitrogens with one attached hydrogen (secondary N) is 1. The first-order chi connectivity index (χ1) is 14.6. The van der Waals surface area contributed by atoms with Gasteiger partial charge in [-0.2, -0.15) is 5.10 Å². The first-order valence-corrected chi connectivity index (χ1v) is 10.4. The minimum absolute atomic E-state index is 0.0147. The Morgan fingerprint density at radius 2 is 2.10 bits per heavy atom. The molecule has 1 atom stereocenters. The fraction of sp³-hybridized carbons (Fsp3) is 0.409. The van der Waals surface area contributed by atoms with Crippen LogP contribution in [0.5, 0.6) is 0 Å². The van der Waals surface area contributed by atoms with Crippen LogP contribution in [0.1, 0.15) is 41.0 Å². The predicted octanol–water partition coefficient (Wildman–Crippen LogP) is 2.45. The van der Waals surface area contributed by atoms with Gasteiger partial charge in [-0.3, -0.25) is 14.9 Å². The lowest BCUT2D eigenvalue weighted by molar-refractivity contribution is 0.0627. The van der Waals surface area contributed by atoms with Crippen LogP contribution in [0.2, 0.25) is 0 Å². The molecule has 3 aromatic heterocycles. The Morgan fingerprint density at radius 3 is 2.90 bits per heavy atom. The molecule has 1 spiro atoms. The number of fused-ring (bicyclic) bond motifs is 2. The molecule has 8 nitrogen and oxygen atoms in total. The number of H-pyrrole nitrogens is 1. The predicted molar refractivity (Wildman–Crippen MR) is 113 cm³/mol. The highest BCUT2D eigenvalue weighted by atomic mass is 16.2. The number of amides is 1. The van der Waals surface area contributed by atoms with Crippen LogP contribution in [-0.4, -0.2) is 63.1 Å². The minimum Gasteiger partial charge on any atom is -0.347 e. The molecule has 1 aliphatic heterocycles. The van der Waals surface area contributed by atoms with E-state index in [1.807, 2.05) is 48.3 Å². The maximum atomic E-state index is 13.3. The number of carbonyl (C=O) groups excluding carboxylic acids is 1. The molecule has 1 unspecified atom stereocenters. The van der Waals surface area contributed by atoms with Gasteiger partial charge >= 0.3 is 0 Å². The van der Waals surface area contributed by atoms with Crippen molar-refractivity contribution >= 4 is 11.9 Å². The van der Waals surface area contributed by atoms with Gasteiger partial charge in [0.2, 0.25) is 5.95 Å². The summed E-state index contributed by atoms with van der Waals surface area (Å²) in [7, 11) is 3.91. The number of aromatic amines is 1. The second-order valence-electron chi connectivity index (χ2n) is 8.43. The lowest BCUT2D eigenvalue weighted by Crippen LogP contribution is -2.48. The van der Waals surface area contributed by atoms with Crippen LogP contribution >= 0.6 is 0 Å². The van der Waals surface area contributed by atoms with E-state index in [1.54, 1.807) is 12.3 Å². The summed E-state index contributed by atoms with van der Waals surface area (Å²) in [4.78, 5) is 30.8. The Labute approximate surface area is 175 Å². The smallest absolute Gasteiger partial charge is 0.271 e. The summed E-state index contributed by atoms with van der Waals surface area (Å²) >= 11 is 0. The van der Waals surface area contributed by atoms with Gasteiger partial charge in [0.15, 0.2) is 0 Å². The highest BCUT2D eigenvalue weighted by molar-refractivity contribution is 5.93. The van der Waals surface area contributed by atoms with Crippen molar-refractivity contribution in [3.8, 4) is 11.4 Å². The Hall–Kier alpha value is -3.29. The molecule has 4 heterocycles. The van der Waals surface area contributed by atoms with Gasteiger partial charge < -0.3 is 9.80 Å². The average Bonchev–Trinajstić information content (AvgIpc) is 3.40. The van der Waals surface area contributed by atoms with E-state index >= 15 is 0 Å².